The Morgan fingerprint density at radius 2 is 1.77 bits per heavy atom. The molecule has 3 rings (SSSR count). The van der Waals surface area contributed by atoms with Gasteiger partial charge in [0, 0.05) is 37.9 Å². The summed E-state index contributed by atoms with van der Waals surface area (Å²) in [4.78, 5) is 9.18. The summed E-state index contributed by atoms with van der Waals surface area (Å²) in [6.45, 7) is 4.86. The number of hydrogen-bond acceptors (Lipinski definition) is 3. The van der Waals surface area contributed by atoms with Crippen LogP contribution in [0, 0.1) is 0 Å². The number of aliphatic hydroxyl groups excluding tert-OH is 1. The fourth-order valence-electron chi connectivity index (χ4n) is 3.31. The van der Waals surface area contributed by atoms with E-state index in [0.717, 1.165) is 36.9 Å². The summed E-state index contributed by atoms with van der Waals surface area (Å²) < 4.78 is 2.15. The standard InChI is InChI=1S/C24H31N5O.HI/c1-2-25-24(27-17-22(19-30)21-11-7-4-8-12-21)28-18-23-26-14-16-29(23)15-13-20-9-5-3-6-10-20;/h3-12,14,16,22,30H,2,13,15,17-19H2,1H3,(H2,25,27,28);1H. The van der Waals surface area contributed by atoms with Crippen LogP contribution in [-0.2, 0) is 19.5 Å². The van der Waals surface area contributed by atoms with Crippen molar-refractivity contribution in [2.45, 2.75) is 32.4 Å². The fraction of sp³-hybridized carbons (Fsp3) is 0.333. The Morgan fingerprint density at radius 3 is 2.45 bits per heavy atom. The molecule has 1 heterocycles. The minimum Gasteiger partial charge on any atom is -0.396 e. The van der Waals surface area contributed by atoms with E-state index >= 15 is 0 Å². The van der Waals surface area contributed by atoms with Crippen molar-refractivity contribution in [2.75, 3.05) is 19.7 Å². The normalized spacial score (nSPS) is 12.1. The zero-order chi connectivity index (χ0) is 21.0. The zero-order valence-corrected chi connectivity index (χ0v) is 20.3. The molecule has 1 aromatic heterocycles. The number of nitrogens with one attached hydrogen (secondary N) is 2. The molecule has 0 aliphatic carbocycles. The Labute approximate surface area is 201 Å². The predicted molar refractivity (Wildman–Crippen MR) is 137 cm³/mol. The maximum Gasteiger partial charge on any atom is 0.191 e. The fourth-order valence-corrected chi connectivity index (χ4v) is 3.31. The first-order valence-corrected chi connectivity index (χ1v) is 10.5. The Bertz CT molecular complexity index is 899. The molecule has 0 saturated heterocycles. The molecular weight excluding hydrogens is 501 g/mol. The van der Waals surface area contributed by atoms with Gasteiger partial charge in [0.2, 0.25) is 0 Å². The van der Waals surface area contributed by atoms with Gasteiger partial charge in [-0.2, -0.15) is 0 Å². The van der Waals surface area contributed by atoms with Gasteiger partial charge in [0.25, 0.3) is 0 Å². The molecule has 3 aromatic rings. The topological polar surface area (TPSA) is 74.5 Å². The van der Waals surface area contributed by atoms with Crippen LogP contribution in [0.5, 0.6) is 0 Å². The van der Waals surface area contributed by atoms with Gasteiger partial charge in [-0.3, -0.25) is 0 Å². The molecule has 0 aliphatic heterocycles. The second-order valence-corrected chi connectivity index (χ2v) is 7.14. The number of aliphatic hydroxyl groups is 1. The second kappa shape index (κ2) is 13.8. The first-order valence-electron chi connectivity index (χ1n) is 10.5. The highest BCUT2D eigenvalue weighted by Gasteiger charge is 2.11. The highest BCUT2D eigenvalue weighted by Crippen LogP contribution is 2.13. The minimum atomic E-state index is 0. The van der Waals surface area contributed by atoms with Crippen LogP contribution < -0.4 is 10.6 Å². The summed E-state index contributed by atoms with van der Waals surface area (Å²) in [7, 11) is 0. The van der Waals surface area contributed by atoms with Crippen LogP contribution in [0.1, 0.15) is 29.8 Å². The lowest BCUT2D eigenvalue weighted by molar-refractivity contribution is 0.265. The van der Waals surface area contributed by atoms with E-state index in [1.165, 1.54) is 5.56 Å². The number of nitrogens with zero attached hydrogens (tertiary/aromatic N) is 3. The van der Waals surface area contributed by atoms with Gasteiger partial charge in [-0.25, -0.2) is 9.98 Å². The van der Waals surface area contributed by atoms with E-state index in [4.69, 9.17) is 4.99 Å². The van der Waals surface area contributed by atoms with Crippen molar-refractivity contribution in [3.05, 3.63) is 90.0 Å². The maximum absolute atomic E-state index is 9.78. The molecule has 6 nitrogen and oxygen atoms in total. The van der Waals surface area contributed by atoms with Crippen molar-refractivity contribution in [1.29, 1.82) is 0 Å². The van der Waals surface area contributed by atoms with Crippen LogP contribution >= 0.6 is 24.0 Å². The summed E-state index contributed by atoms with van der Waals surface area (Å²) in [5.41, 5.74) is 2.42. The number of aryl methyl sites for hydroxylation is 2. The number of hydrogen-bond donors (Lipinski definition) is 3. The molecule has 0 fully saturated rings. The summed E-state index contributed by atoms with van der Waals surface area (Å²) in [6.07, 6.45) is 4.79. The van der Waals surface area contributed by atoms with Gasteiger partial charge >= 0.3 is 0 Å². The lowest BCUT2D eigenvalue weighted by Crippen LogP contribution is -2.40. The predicted octanol–water partition coefficient (Wildman–Crippen LogP) is 3.58. The van der Waals surface area contributed by atoms with Crippen LogP contribution in [-0.4, -0.2) is 40.3 Å². The molecule has 7 heteroatoms. The molecule has 0 amide bonds. The molecule has 1 unspecified atom stereocenters. The van der Waals surface area contributed by atoms with Crippen molar-refractivity contribution in [3.63, 3.8) is 0 Å². The molecule has 1 atom stereocenters. The largest absolute Gasteiger partial charge is 0.396 e. The van der Waals surface area contributed by atoms with Crippen LogP contribution in [0.25, 0.3) is 0 Å². The first-order chi connectivity index (χ1) is 14.8. The molecule has 3 N–H and O–H groups in total. The molecule has 2 aromatic carbocycles. The number of imidazole rings is 1. The zero-order valence-electron chi connectivity index (χ0n) is 17.9. The van der Waals surface area contributed by atoms with E-state index < -0.39 is 0 Å². The summed E-state index contributed by atoms with van der Waals surface area (Å²) in [5, 5.41) is 16.4. The molecule has 0 radical (unpaired) electrons. The SMILES string of the molecule is CCNC(=NCc1nccn1CCc1ccccc1)NCC(CO)c1ccccc1.I. The number of rotatable bonds is 10. The lowest BCUT2D eigenvalue weighted by atomic mass is 10.0. The smallest absolute Gasteiger partial charge is 0.191 e. The van der Waals surface area contributed by atoms with E-state index in [0.29, 0.717) is 13.1 Å². The Hall–Kier alpha value is -2.39. The van der Waals surface area contributed by atoms with Crippen molar-refractivity contribution < 1.29 is 5.11 Å². The van der Waals surface area contributed by atoms with Crippen LogP contribution in [0.2, 0.25) is 0 Å². The third-order valence-corrected chi connectivity index (χ3v) is 5.02. The van der Waals surface area contributed by atoms with Gasteiger partial charge in [-0.15, -0.1) is 24.0 Å². The van der Waals surface area contributed by atoms with Gasteiger partial charge in [-0.1, -0.05) is 60.7 Å². The van der Waals surface area contributed by atoms with Crippen molar-refractivity contribution in [1.82, 2.24) is 20.2 Å². The van der Waals surface area contributed by atoms with Gasteiger partial charge in [0.15, 0.2) is 5.96 Å². The summed E-state index contributed by atoms with van der Waals surface area (Å²) >= 11 is 0. The third kappa shape index (κ3) is 7.99. The molecule has 0 spiro atoms. The van der Waals surface area contributed by atoms with Crippen molar-refractivity contribution >= 4 is 29.9 Å². The molecular formula is C24H32IN5O. The minimum absolute atomic E-state index is 0. The van der Waals surface area contributed by atoms with E-state index in [9.17, 15) is 5.11 Å². The highest BCUT2D eigenvalue weighted by molar-refractivity contribution is 14.0. The van der Waals surface area contributed by atoms with Crippen molar-refractivity contribution in [2.24, 2.45) is 4.99 Å². The molecule has 0 aliphatic rings. The first kappa shape index (κ1) is 24.9. The maximum atomic E-state index is 9.78. The van der Waals surface area contributed by atoms with Crippen molar-refractivity contribution in [3.8, 4) is 0 Å². The Kier molecular flexibility index (Phi) is 11.1. The van der Waals surface area contributed by atoms with E-state index in [-0.39, 0.29) is 36.5 Å². The van der Waals surface area contributed by atoms with Crippen LogP contribution in [0.15, 0.2) is 78.0 Å². The van der Waals surface area contributed by atoms with E-state index in [1.807, 2.05) is 55.7 Å². The Morgan fingerprint density at radius 1 is 1.06 bits per heavy atom. The van der Waals surface area contributed by atoms with E-state index in [1.54, 1.807) is 0 Å². The number of aliphatic imine (C=N–C) groups is 1. The van der Waals surface area contributed by atoms with E-state index in [2.05, 4.69) is 44.5 Å². The average molecular weight is 533 g/mol. The van der Waals surface area contributed by atoms with Crippen LogP contribution in [0.3, 0.4) is 0 Å². The molecule has 166 valence electrons. The lowest BCUT2D eigenvalue weighted by Gasteiger charge is -2.18. The highest BCUT2D eigenvalue weighted by atomic mass is 127. The molecule has 31 heavy (non-hydrogen) atoms. The monoisotopic (exact) mass is 533 g/mol. The number of benzene rings is 2. The quantitative estimate of drug-likeness (QED) is 0.212. The van der Waals surface area contributed by atoms with Crippen LogP contribution in [0.4, 0.5) is 0 Å². The third-order valence-electron chi connectivity index (χ3n) is 5.02. The average Bonchev–Trinajstić information content (AvgIpc) is 3.25. The second-order valence-electron chi connectivity index (χ2n) is 7.14. The van der Waals surface area contributed by atoms with Gasteiger partial charge in [0.1, 0.15) is 12.4 Å². The summed E-state index contributed by atoms with van der Waals surface area (Å²) in [5.74, 6) is 1.68. The number of halogens is 1. The molecule has 0 saturated carbocycles. The number of guanidine groups is 1. The number of aromatic nitrogens is 2. The summed E-state index contributed by atoms with van der Waals surface area (Å²) in [6, 6.07) is 20.5. The van der Waals surface area contributed by atoms with Gasteiger partial charge in [0.05, 0.1) is 6.61 Å². The van der Waals surface area contributed by atoms with Gasteiger partial charge < -0.3 is 20.3 Å². The Balaban J connectivity index is 0.00000341. The van der Waals surface area contributed by atoms with Gasteiger partial charge in [-0.05, 0) is 24.5 Å². The molecule has 0 bridgehead atoms.